The van der Waals surface area contributed by atoms with Crippen LogP contribution in [0.3, 0.4) is 0 Å². The predicted octanol–water partition coefficient (Wildman–Crippen LogP) is 4.54. The highest BCUT2D eigenvalue weighted by atomic mass is 16.4. The van der Waals surface area contributed by atoms with Gasteiger partial charge in [0.15, 0.2) is 0 Å². The van der Waals surface area contributed by atoms with Crippen LogP contribution in [-0.4, -0.2) is 33.5 Å². The molecule has 158 valence electrons. The van der Waals surface area contributed by atoms with Gasteiger partial charge in [-0.15, -0.1) is 0 Å². The molecule has 3 N–H and O–H groups in total. The summed E-state index contributed by atoms with van der Waals surface area (Å²) in [6, 6.07) is 0. The van der Waals surface area contributed by atoms with Crippen LogP contribution < -0.4 is 0 Å². The maximum atomic E-state index is 11.4. The van der Waals surface area contributed by atoms with E-state index >= 15 is 0 Å². The molecule has 0 aliphatic heterocycles. The van der Waals surface area contributed by atoms with E-state index in [1.807, 2.05) is 0 Å². The molecule has 4 aliphatic carbocycles. The molecule has 0 aromatic rings. The highest BCUT2D eigenvalue weighted by Crippen LogP contribution is 2.65. The average molecular weight is 391 g/mol. The number of carboxylic acid groups (broad SMARTS) is 1. The van der Waals surface area contributed by atoms with Crippen LogP contribution in [0, 0.1) is 34.5 Å². The summed E-state index contributed by atoms with van der Waals surface area (Å²) in [5.74, 6) is 1.02. The van der Waals surface area contributed by atoms with E-state index in [2.05, 4.69) is 20.8 Å². The molecule has 3 fully saturated rings. The van der Waals surface area contributed by atoms with Crippen LogP contribution in [-0.2, 0) is 4.79 Å². The van der Waals surface area contributed by atoms with Gasteiger partial charge < -0.3 is 15.3 Å². The molecule has 0 aromatic carbocycles. The Kier molecular flexibility index (Phi) is 5.19. The van der Waals surface area contributed by atoms with Crippen molar-refractivity contribution in [2.45, 2.75) is 97.2 Å². The Morgan fingerprint density at radius 1 is 1.14 bits per heavy atom. The van der Waals surface area contributed by atoms with Crippen molar-refractivity contribution in [1.29, 1.82) is 0 Å². The van der Waals surface area contributed by atoms with Crippen LogP contribution in [0.5, 0.6) is 0 Å². The third-order valence-electron chi connectivity index (χ3n) is 9.65. The second kappa shape index (κ2) is 7.12. The fourth-order valence-electron chi connectivity index (χ4n) is 7.92. The Bertz CT molecular complexity index is 670. The van der Waals surface area contributed by atoms with Gasteiger partial charge in [-0.25, -0.2) is 0 Å². The van der Waals surface area contributed by atoms with E-state index in [1.54, 1.807) is 5.57 Å². The summed E-state index contributed by atoms with van der Waals surface area (Å²) in [5, 5.41) is 30.7. The maximum Gasteiger partial charge on any atom is 0.303 e. The molecule has 0 amide bonds. The molecular formula is C24H38O4. The Balaban J connectivity index is 1.64. The van der Waals surface area contributed by atoms with E-state index in [9.17, 15) is 15.0 Å². The van der Waals surface area contributed by atoms with Crippen molar-refractivity contribution >= 4 is 5.97 Å². The first kappa shape index (κ1) is 20.4. The van der Waals surface area contributed by atoms with Crippen molar-refractivity contribution in [3.8, 4) is 0 Å². The zero-order valence-corrected chi connectivity index (χ0v) is 17.8. The third kappa shape index (κ3) is 2.98. The highest BCUT2D eigenvalue weighted by molar-refractivity contribution is 5.66. The number of rotatable bonds is 4. The van der Waals surface area contributed by atoms with Crippen molar-refractivity contribution in [2.75, 3.05) is 0 Å². The van der Waals surface area contributed by atoms with Crippen LogP contribution in [0.4, 0.5) is 0 Å². The second-order valence-corrected chi connectivity index (χ2v) is 10.8. The minimum absolute atomic E-state index is 0.142. The number of carbonyl (C=O) groups is 1. The number of aliphatic hydroxyl groups excluding tert-OH is 2. The molecule has 6 unspecified atom stereocenters. The molecule has 4 heteroatoms. The summed E-state index contributed by atoms with van der Waals surface area (Å²) in [7, 11) is 0. The molecule has 0 spiro atoms. The van der Waals surface area contributed by atoms with Gasteiger partial charge >= 0.3 is 5.97 Å². The molecule has 0 bridgehead atoms. The van der Waals surface area contributed by atoms with Crippen molar-refractivity contribution in [3.05, 3.63) is 11.1 Å². The van der Waals surface area contributed by atoms with Gasteiger partial charge in [0.25, 0.3) is 0 Å². The van der Waals surface area contributed by atoms with Crippen LogP contribution >= 0.6 is 0 Å². The minimum atomic E-state index is -0.719. The summed E-state index contributed by atoms with van der Waals surface area (Å²) in [6.07, 6.45) is 8.65. The quantitative estimate of drug-likeness (QED) is 0.616. The number of fused-ring (bicyclic) bond motifs is 4. The molecule has 0 heterocycles. The Labute approximate surface area is 169 Å². The van der Waals surface area contributed by atoms with E-state index in [4.69, 9.17) is 5.11 Å². The number of hydrogen-bond donors (Lipinski definition) is 3. The first-order valence-corrected chi connectivity index (χ1v) is 11.5. The minimum Gasteiger partial charge on any atom is -0.481 e. The largest absolute Gasteiger partial charge is 0.481 e. The summed E-state index contributed by atoms with van der Waals surface area (Å²) in [4.78, 5) is 11.0. The first-order chi connectivity index (χ1) is 13.2. The van der Waals surface area contributed by atoms with Crippen LogP contribution in [0.1, 0.15) is 85.0 Å². The van der Waals surface area contributed by atoms with Gasteiger partial charge in [-0.3, -0.25) is 4.79 Å². The van der Waals surface area contributed by atoms with Gasteiger partial charge in [0, 0.05) is 11.8 Å². The molecule has 4 nitrogen and oxygen atoms in total. The zero-order valence-electron chi connectivity index (χ0n) is 17.8. The van der Waals surface area contributed by atoms with E-state index < -0.39 is 5.97 Å². The van der Waals surface area contributed by atoms with E-state index in [-0.39, 0.29) is 29.5 Å². The van der Waals surface area contributed by atoms with Gasteiger partial charge in [-0.1, -0.05) is 31.9 Å². The van der Waals surface area contributed by atoms with Gasteiger partial charge in [0.1, 0.15) is 0 Å². The lowest BCUT2D eigenvalue weighted by atomic mass is 9.48. The summed E-state index contributed by atoms with van der Waals surface area (Å²) >= 11 is 0. The summed E-state index contributed by atoms with van der Waals surface area (Å²) in [5.41, 5.74) is 3.20. The fraction of sp³-hybridized carbons (Fsp3) is 0.875. The van der Waals surface area contributed by atoms with Gasteiger partial charge in [0.2, 0.25) is 0 Å². The molecule has 28 heavy (non-hydrogen) atoms. The van der Waals surface area contributed by atoms with E-state index in [1.165, 1.54) is 12.0 Å². The van der Waals surface area contributed by atoms with Crippen LogP contribution in [0.15, 0.2) is 11.1 Å². The Hall–Kier alpha value is -0.870. The monoisotopic (exact) mass is 390 g/mol. The zero-order chi connectivity index (χ0) is 20.3. The third-order valence-corrected chi connectivity index (χ3v) is 9.65. The maximum absolute atomic E-state index is 11.4. The van der Waals surface area contributed by atoms with Gasteiger partial charge in [-0.05, 0) is 86.9 Å². The van der Waals surface area contributed by atoms with Crippen molar-refractivity contribution in [3.63, 3.8) is 0 Å². The standard InChI is InChI=1S/C24H38O4/c1-14(4-9-22(27)28)18-7-8-19-17-6-5-15-12-16(25)10-11-23(15,2)20(17)13-21(26)24(18,19)3/h14-16,18,20-21,25-26H,4-13H2,1-3H3,(H,27,28)/t14?,15?,16-,18?,20?,21+,23?,24?/m1/s1. The normalized spacial score (nSPS) is 46.5. The highest BCUT2D eigenvalue weighted by Gasteiger charge is 2.58. The number of carboxylic acids is 1. The second-order valence-electron chi connectivity index (χ2n) is 10.8. The molecule has 3 saturated carbocycles. The lowest BCUT2D eigenvalue weighted by Gasteiger charge is -2.58. The smallest absolute Gasteiger partial charge is 0.303 e. The number of allylic oxidation sites excluding steroid dienone is 1. The number of aliphatic hydroxyl groups is 2. The first-order valence-electron chi connectivity index (χ1n) is 11.5. The summed E-state index contributed by atoms with van der Waals surface area (Å²) in [6.45, 7) is 6.88. The number of hydrogen-bond acceptors (Lipinski definition) is 3. The van der Waals surface area contributed by atoms with E-state index in [0.717, 1.165) is 44.9 Å². The lowest BCUT2D eigenvalue weighted by molar-refractivity contribution is -0.137. The Morgan fingerprint density at radius 2 is 1.89 bits per heavy atom. The average Bonchev–Trinajstić information content (AvgIpc) is 3.00. The fourth-order valence-corrected chi connectivity index (χ4v) is 7.92. The molecular weight excluding hydrogens is 352 g/mol. The van der Waals surface area contributed by atoms with Gasteiger partial charge in [0.05, 0.1) is 12.2 Å². The Morgan fingerprint density at radius 3 is 2.61 bits per heavy atom. The van der Waals surface area contributed by atoms with Crippen LogP contribution in [0.2, 0.25) is 0 Å². The molecule has 4 rings (SSSR count). The molecule has 8 atom stereocenters. The molecule has 0 saturated heterocycles. The van der Waals surface area contributed by atoms with Crippen LogP contribution in [0.25, 0.3) is 0 Å². The molecule has 4 aliphatic rings. The molecule has 0 aromatic heterocycles. The van der Waals surface area contributed by atoms with Crippen molar-refractivity contribution in [1.82, 2.24) is 0 Å². The van der Waals surface area contributed by atoms with Crippen molar-refractivity contribution in [2.24, 2.45) is 34.5 Å². The lowest BCUT2D eigenvalue weighted by Crippen LogP contribution is -2.52. The molecule has 0 radical (unpaired) electrons. The summed E-state index contributed by atoms with van der Waals surface area (Å²) < 4.78 is 0. The topological polar surface area (TPSA) is 77.8 Å². The number of aliphatic carboxylic acids is 1. The van der Waals surface area contributed by atoms with Crippen molar-refractivity contribution < 1.29 is 20.1 Å². The SMILES string of the molecule is CC(CCC(=O)O)C1CCC2=C3CCC4C[C@H](O)CCC4(C)C3C[C@H](O)C21C. The predicted molar refractivity (Wildman–Crippen MR) is 109 cm³/mol. The van der Waals surface area contributed by atoms with Gasteiger partial charge in [-0.2, -0.15) is 0 Å². The van der Waals surface area contributed by atoms with E-state index in [0.29, 0.717) is 30.1 Å².